The number of rotatable bonds is 0. The molecule has 2 N–H and O–H groups in total. The zero-order valence-corrected chi connectivity index (χ0v) is 12.4. The second kappa shape index (κ2) is 4.25. The Bertz CT molecular complexity index is 621. The minimum Gasteiger partial charge on any atom is -0.504 e. The van der Waals surface area contributed by atoms with E-state index in [9.17, 15) is 15.0 Å². The van der Waals surface area contributed by atoms with Crippen molar-refractivity contribution >= 4 is 5.78 Å². The molecule has 0 amide bonds. The highest BCUT2D eigenvalue weighted by atomic mass is 16.3. The van der Waals surface area contributed by atoms with Gasteiger partial charge in [0.05, 0.1) is 0 Å². The third kappa shape index (κ3) is 1.69. The van der Waals surface area contributed by atoms with Gasteiger partial charge in [0, 0.05) is 11.8 Å². The maximum Gasteiger partial charge on any atom is 0.157 e. The third-order valence-electron chi connectivity index (χ3n) is 6.53. The number of Topliss-reactive ketones (excluding diaryl/α,β-unsaturated/α-hetero) is 1. The van der Waals surface area contributed by atoms with Crippen molar-refractivity contribution in [1.29, 1.82) is 0 Å². The van der Waals surface area contributed by atoms with Crippen LogP contribution in [-0.2, 0) is 11.2 Å². The van der Waals surface area contributed by atoms with Crippen molar-refractivity contribution in [1.82, 2.24) is 0 Å². The maximum absolute atomic E-state index is 12.3. The number of phenolic OH excluding ortho intramolecular Hbond substituents is 2. The number of benzene rings is 1. The van der Waals surface area contributed by atoms with E-state index >= 15 is 0 Å². The Hall–Kier alpha value is -1.51. The number of hydrogen-bond acceptors (Lipinski definition) is 3. The van der Waals surface area contributed by atoms with Crippen LogP contribution in [0.15, 0.2) is 12.1 Å². The van der Waals surface area contributed by atoms with Gasteiger partial charge in [-0.15, -0.1) is 0 Å². The highest BCUT2D eigenvalue weighted by molar-refractivity contribution is 5.87. The molecule has 112 valence electrons. The summed E-state index contributed by atoms with van der Waals surface area (Å²) in [5, 5.41) is 19.5. The molecule has 0 saturated heterocycles. The van der Waals surface area contributed by atoms with Gasteiger partial charge >= 0.3 is 0 Å². The van der Waals surface area contributed by atoms with Gasteiger partial charge in [-0.05, 0) is 73.1 Å². The molecular formula is C18H22O3. The first kappa shape index (κ1) is 13.2. The predicted molar refractivity (Wildman–Crippen MR) is 79.4 cm³/mol. The smallest absolute Gasteiger partial charge is 0.157 e. The van der Waals surface area contributed by atoms with Crippen molar-refractivity contribution in [2.75, 3.05) is 0 Å². The summed E-state index contributed by atoms with van der Waals surface area (Å²) in [6.07, 6.45) is 5.84. The van der Waals surface area contributed by atoms with E-state index in [0.29, 0.717) is 23.5 Å². The molecule has 3 heteroatoms. The number of aryl methyl sites for hydroxylation is 1. The molecular weight excluding hydrogens is 264 g/mol. The van der Waals surface area contributed by atoms with Crippen molar-refractivity contribution in [3.05, 3.63) is 23.3 Å². The molecule has 2 saturated carbocycles. The molecule has 3 nitrogen and oxygen atoms in total. The van der Waals surface area contributed by atoms with Crippen LogP contribution < -0.4 is 0 Å². The van der Waals surface area contributed by atoms with Crippen LogP contribution in [0, 0.1) is 17.3 Å². The first-order valence-electron chi connectivity index (χ1n) is 8.09. The lowest BCUT2D eigenvalue weighted by Crippen LogP contribution is -2.42. The topological polar surface area (TPSA) is 57.5 Å². The van der Waals surface area contributed by atoms with E-state index in [-0.39, 0.29) is 16.9 Å². The standard InChI is InChI=1S/C18H22O3/c1-18-7-6-11-12(14(18)4-5-17(18)21)3-2-10-8-15(19)16(20)9-13(10)11/h8-9,11-12,14,19-20H,2-7H2,1H3/t11?,12?,14?,18-/m0/s1. The van der Waals surface area contributed by atoms with Crippen molar-refractivity contribution in [2.45, 2.75) is 51.4 Å². The minimum atomic E-state index is -0.0996. The van der Waals surface area contributed by atoms with Gasteiger partial charge in [0.1, 0.15) is 5.78 Å². The van der Waals surface area contributed by atoms with Crippen LogP contribution >= 0.6 is 0 Å². The van der Waals surface area contributed by atoms with Gasteiger partial charge in [0.15, 0.2) is 11.5 Å². The van der Waals surface area contributed by atoms with Gasteiger partial charge in [-0.3, -0.25) is 4.79 Å². The Kier molecular flexibility index (Phi) is 2.66. The highest BCUT2D eigenvalue weighted by Crippen LogP contribution is 2.59. The molecule has 0 bridgehead atoms. The lowest BCUT2D eigenvalue weighted by molar-refractivity contribution is -0.129. The predicted octanol–water partition coefficient (Wildman–Crippen LogP) is 3.52. The number of aromatic hydroxyl groups is 2. The summed E-state index contributed by atoms with van der Waals surface area (Å²) in [6.45, 7) is 2.17. The van der Waals surface area contributed by atoms with E-state index in [2.05, 4.69) is 6.92 Å². The van der Waals surface area contributed by atoms with E-state index in [1.807, 2.05) is 0 Å². The molecule has 0 heterocycles. The molecule has 0 radical (unpaired) electrons. The summed E-state index contributed by atoms with van der Waals surface area (Å²) >= 11 is 0. The van der Waals surface area contributed by atoms with E-state index < -0.39 is 0 Å². The minimum absolute atomic E-state index is 0.00904. The summed E-state index contributed by atoms with van der Waals surface area (Å²) in [7, 11) is 0. The normalized spacial score (nSPS) is 37.8. The van der Waals surface area contributed by atoms with Gasteiger partial charge in [-0.1, -0.05) is 6.92 Å². The number of phenols is 2. The first-order valence-corrected chi connectivity index (χ1v) is 8.09. The number of carbonyl (C=O) groups is 1. The average Bonchev–Trinajstić information content (AvgIpc) is 2.76. The molecule has 0 spiro atoms. The van der Waals surface area contributed by atoms with Crippen LogP contribution in [0.25, 0.3) is 0 Å². The fourth-order valence-electron chi connectivity index (χ4n) is 5.37. The van der Waals surface area contributed by atoms with Crippen molar-refractivity contribution < 1.29 is 15.0 Å². The first-order chi connectivity index (χ1) is 10.0. The van der Waals surface area contributed by atoms with Gasteiger partial charge in [0.2, 0.25) is 0 Å². The second-order valence-corrected chi connectivity index (χ2v) is 7.37. The monoisotopic (exact) mass is 286 g/mol. The van der Waals surface area contributed by atoms with Crippen molar-refractivity contribution in [2.24, 2.45) is 17.3 Å². The summed E-state index contributed by atoms with van der Waals surface area (Å²) in [6, 6.07) is 3.50. The molecule has 3 unspecified atom stereocenters. The quantitative estimate of drug-likeness (QED) is 0.717. The summed E-state index contributed by atoms with van der Waals surface area (Å²) in [5.74, 6) is 1.96. The van der Waals surface area contributed by atoms with Gasteiger partial charge in [-0.2, -0.15) is 0 Å². The lowest BCUT2D eigenvalue weighted by Gasteiger charge is -2.48. The molecule has 3 aliphatic carbocycles. The van der Waals surface area contributed by atoms with Crippen LogP contribution in [0.1, 0.15) is 56.1 Å². The molecule has 0 aliphatic heterocycles. The fourth-order valence-corrected chi connectivity index (χ4v) is 5.37. The van der Waals surface area contributed by atoms with Crippen molar-refractivity contribution in [3.8, 4) is 11.5 Å². The van der Waals surface area contributed by atoms with E-state index in [1.165, 1.54) is 11.1 Å². The molecule has 2 fully saturated rings. The van der Waals surface area contributed by atoms with Gasteiger partial charge < -0.3 is 10.2 Å². The number of hydrogen-bond donors (Lipinski definition) is 2. The Morgan fingerprint density at radius 1 is 1.10 bits per heavy atom. The number of ketones is 1. The molecule has 1 aromatic rings. The number of fused-ring (bicyclic) bond motifs is 5. The Morgan fingerprint density at radius 3 is 2.67 bits per heavy atom. The van der Waals surface area contributed by atoms with Gasteiger partial charge in [-0.25, -0.2) is 0 Å². The zero-order chi connectivity index (χ0) is 14.8. The molecule has 21 heavy (non-hydrogen) atoms. The van der Waals surface area contributed by atoms with Crippen LogP contribution in [0.5, 0.6) is 11.5 Å². The molecule has 0 aromatic heterocycles. The molecule has 4 atom stereocenters. The maximum atomic E-state index is 12.3. The van der Waals surface area contributed by atoms with Crippen LogP contribution in [-0.4, -0.2) is 16.0 Å². The Labute approximate surface area is 125 Å². The Morgan fingerprint density at radius 2 is 1.86 bits per heavy atom. The zero-order valence-electron chi connectivity index (χ0n) is 12.4. The molecule has 1 aromatic carbocycles. The van der Waals surface area contributed by atoms with Gasteiger partial charge in [0.25, 0.3) is 0 Å². The van der Waals surface area contributed by atoms with E-state index in [1.54, 1.807) is 12.1 Å². The Balaban J connectivity index is 1.75. The lowest BCUT2D eigenvalue weighted by atomic mass is 9.55. The van der Waals surface area contributed by atoms with Crippen LogP contribution in [0.3, 0.4) is 0 Å². The SMILES string of the molecule is C[C@]12CCC3c4cc(O)c(O)cc4CCC3C1CCC2=O. The fraction of sp³-hybridized carbons (Fsp3) is 0.611. The summed E-state index contributed by atoms with van der Waals surface area (Å²) in [5.41, 5.74) is 2.29. The van der Waals surface area contributed by atoms with E-state index in [4.69, 9.17) is 0 Å². The number of carbonyl (C=O) groups excluding carboxylic acids is 1. The molecule has 4 rings (SSSR count). The van der Waals surface area contributed by atoms with Crippen molar-refractivity contribution in [3.63, 3.8) is 0 Å². The van der Waals surface area contributed by atoms with E-state index in [0.717, 1.165) is 38.5 Å². The summed E-state index contributed by atoms with van der Waals surface area (Å²) in [4.78, 5) is 12.3. The average molecular weight is 286 g/mol. The largest absolute Gasteiger partial charge is 0.504 e. The third-order valence-corrected chi connectivity index (χ3v) is 6.53. The van der Waals surface area contributed by atoms with Crippen LogP contribution in [0.4, 0.5) is 0 Å². The second-order valence-electron chi connectivity index (χ2n) is 7.37. The molecule has 3 aliphatic rings. The van der Waals surface area contributed by atoms with Crippen LogP contribution in [0.2, 0.25) is 0 Å². The summed E-state index contributed by atoms with van der Waals surface area (Å²) < 4.78 is 0. The highest BCUT2D eigenvalue weighted by Gasteiger charge is 2.54.